The lowest BCUT2D eigenvalue weighted by Crippen LogP contribution is -2.63. The zero-order valence-corrected chi connectivity index (χ0v) is 12.7. The standard InChI is InChI=1S/C14H26N6/c1-3-6-12-9-20(10-13-16-18-19(2)17-13)14(11-15-12)7-4-5-8-14/h12,15H,3-11H2,1-2H3. The summed E-state index contributed by atoms with van der Waals surface area (Å²) in [5.41, 5.74) is 0.337. The highest BCUT2D eigenvalue weighted by molar-refractivity contribution is 5.02. The predicted molar refractivity (Wildman–Crippen MR) is 77.1 cm³/mol. The van der Waals surface area contributed by atoms with Crippen LogP contribution < -0.4 is 5.32 Å². The highest BCUT2D eigenvalue weighted by Gasteiger charge is 2.43. The van der Waals surface area contributed by atoms with Gasteiger partial charge in [-0.2, -0.15) is 4.80 Å². The predicted octanol–water partition coefficient (Wildman–Crippen LogP) is 1.10. The molecule has 1 saturated carbocycles. The smallest absolute Gasteiger partial charge is 0.188 e. The molecule has 3 rings (SSSR count). The van der Waals surface area contributed by atoms with Gasteiger partial charge in [-0.25, -0.2) is 0 Å². The molecule has 6 heteroatoms. The second-order valence-corrected chi connectivity index (χ2v) is 6.37. The fourth-order valence-electron chi connectivity index (χ4n) is 3.83. The van der Waals surface area contributed by atoms with E-state index in [-0.39, 0.29) is 0 Å². The van der Waals surface area contributed by atoms with E-state index in [0.29, 0.717) is 11.6 Å². The Balaban J connectivity index is 1.74. The molecule has 0 amide bonds. The Labute approximate surface area is 120 Å². The Hall–Kier alpha value is -1.01. The quantitative estimate of drug-likeness (QED) is 0.893. The van der Waals surface area contributed by atoms with Gasteiger partial charge in [0.05, 0.1) is 13.6 Å². The normalized spacial score (nSPS) is 26.4. The van der Waals surface area contributed by atoms with E-state index in [0.717, 1.165) is 25.5 Å². The lowest BCUT2D eigenvalue weighted by molar-refractivity contribution is 0.0316. The van der Waals surface area contributed by atoms with Gasteiger partial charge in [0.2, 0.25) is 0 Å². The van der Waals surface area contributed by atoms with Gasteiger partial charge in [0.1, 0.15) is 0 Å². The first-order valence-corrected chi connectivity index (χ1v) is 7.93. The molecule has 2 fully saturated rings. The van der Waals surface area contributed by atoms with Gasteiger partial charge in [0, 0.05) is 24.7 Å². The minimum Gasteiger partial charge on any atom is -0.311 e. The average molecular weight is 278 g/mol. The number of aryl methyl sites for hydroxylation is 1. The van der Waals surface area contributed by atoms with Gasteiger partial charge >= 0.3 is 0 Å². The summed E-state index contributed by atoms with van der Waals surface area (Å²) in [4.78, 5) is 4.19. The van der Waals surface area contributed by atoms with Crippen LogP contribution in [0.15, 0.2) is 0 Å². The van der Waals surface area contributed by atoms with E-state index in [2.05, 4.69) is 32.6 Å². The highest BCUT2D eigenvalue weighted by Crippen LogP contribution is 2.37. The summed E-state index contributed by atoms with van der Waals surface area (Å²) in [6.07, 6.45) is 7.80. The van der Waals surface area contributed by atoms with Gasteiger partial charge in [-0.15, -0.1) is 10.2 Å². The van der Waals surface area contributed by atoms with Crippen molar-refractivity contribution in [1.82, 2.24) is 30.4 Å². The third-order valence-electron chi connectivity index (χ3n) is 4.88. The third kappa shape index (κ3) is 2.72. The van der Waals surface area contributed by atoms with Gasteiger partial charge in [0.15, 0.2) is 5.82 Å². The molecule has 1 aromatic rings. The van der Waals surface area contributed by atoms with E-state index < -0.39 is 0 Å². The topological polar surface area (TPSA) is 58.9 Å². The molecule has 2 heterocycles. The summed E-state index contributed by atoms with van der Waals surface area (Å²) in [6.45, 7) is 5.34. The second-order valence-electron chi connectivity index (χ2n) is 6.37. The molecule has 1 atom stereocenters. The Kier molecular flexibility index (Phi) is 4.03. The van der Waals surface area contributed by atoms with Crippen LogP contribution in [0.25, 0.3) is 0 Å². The molecule has 1 N–H and O–H groups in total. The van der Waals surface area contributed by atoms with Crippen molar-refractivity contribution in [2.45, 2.75) is 63.6 Å². The first-order chi connectivity index (χ1) is 9.72. The fraction of sp³-hybridized carbons (Fsp3) is 0.929. The van der Waals surface area contributed by atoms with Crippen LogP contribution in [0.1, 0.15) is 51.3 Å². The summed E-state index contributed by atoms with van der Waals surface area (Å²) < 4.78 is 0. The van der Waals surface area contributed by atoms with Crippen molar-refractivity contribution in [1.29, 1.82) is 0 Å². The molecular weight excluding hydrogens is 252 g/mol. The van der Waals surface area contributed by atoms with Crippen molar-refractivity contribution in [2.75, 3.05) is 13.1 Å². The molecular formula is C14H26N6. The molecule has 20 heavy (non-hydrogen) atoms. The third-order valence-corrected chi connectivity index (χ3v) is 4.88. The van der Waals surface area contributed by atoms with Crippen LogP contribution in [0.4, 0.5) is 0 Å². The zero-order valence-electron chi connectivity index (χ0n) is 12.7. The van der Waals surface area contributed by atoms with Crippen molar-refractivity contribution < 1.29 is 0 Å². The number of nitrogens with zero attached hydrogens (tertiary/aromatic N) is 5. The number of aromatic nitrogens is 4. The van der Waals surface area contributed by atoms with Crippen molar-refractivity contribution in [3.63, 3.8) is 0 Å². The lowest BCUT2D eigenvalue weighted by atomic mass is 9.90. The molecule has 1 aliphatic heterocycles. The number of rotatable bonds is 4. The van der Waals surface area contributed by atoms with Gasteiger partial charge in [-0.3, -0.25) is 4.90 Å². The molecule has 1 saturated heterocycles. The summed E-state index contributed by atoms with van der Waals surface area (Å²) >= 11 is 0. The maximum absolute atomic E-state index is 4.36. The number of hydrogen-bond acceptors (Lipinski definition) is 5. The molecule has 0 bridgehead atoms. The molecule has 1 aromatic heterocycles. The van der Waals surface area contributed by atoms with Crippen LogP contribution in [0.5, 0.6) is 0 Å². The van der Waals surface area contributed by atoms with Gasteiger partial charge in [-0.1, -0.05) is 26.2 Å². The number of tetrazole rings is 1. The first-order valence-electron chi connectivity index (χ1n) is 7.93. The molecule has 2 aliphatic rings. The minimum atomic E-state index is 0.337. The molecule has 0 aromatic carbocycles. The Morgan fingerprint density at radius 3 is 2.80 bits per heavy atom. The molecule has 1 unspecified atom stereocenters. The van der Waals surface area contributed by atoms with Gasteiger partial charge in [0.25, 0.3) is 0 Å². The largest absolute Gasteiger partial charge is 0.311 e. The Morgan fingerprint density at radius 2 is 2.15 bits per heavy atom. The summed E-state index contributed by atoms with van der Waals surface area (Å²) in [7, 11) is 1.83. The minimum absolute atomic E-state index is 0.337. The summed E-state index contributed by atoms with van der Waals surface area (Å²) in [5.74, 6) is 0.857. The maximum Gasteiger partial charge on any atom is 0.188 e. The molecule has 6 nitrogen and oxygen atoms in total. The molecule has 1 aliphatic carbocycles. The number of nitrogens with one attached hydrogen (secondary N) is 1. The molecule has 112 valence electrons. The van der Waals surface area contributed by atoms with Crippen LogP contribution in [0, 0.1) is 0 Å². The Bertz CT molecular complexity index is 437. The van der Waals surface area contributed by atoms with Crippen molar-refractivity contribution in [3.8, 4) is 0 Å². The van der Waals surface area contributed by atoms with Crippen LogP contribution in [0.2, 0.25) is 0 Å². The average Bonchev–Trinajstić information content (AvgIpc) is 3.05. The van der Waals surface area contributed by atoms with Crippen molar-refractivity contribution in [3.05, 3.63) is 5.82 Å². The summed E-state index contributed by atoms with van der Waals surface area (Å²) in [5, 5.41) is 16.3. The molecule has 0 radical (unpaired) electrons. The number of piperazine rings is 1. The highest BCUT2D eigenvalue weighted by atomic mass is 15.6. The lowest BCUT2D eigenvalue weighted by Gasteiger charge is -2.48. The fourth-order valence-corrected chi connectivity index (χ4v) is 3.83. The van der Waals surface area contributed by atoms with E-state index >= 15 is 0 Å². The van der Waals surface area contributed by atoms with Crippen molar-refractivity contribution >= 4 is 0 Å². The summed E-state index contributed by atoms with van der Waals surface area (Å²) in [6, 6.07) is 0.614. The van der Waals surface area contributed by atoms with E-state index in [1.54, 1.807) is 4.80 Å². The first kappa shape index (κ1) is 13.9. The zero-order chi connectivity index (χ0) is 14.0. The second kappa shape index (κ2) is 5.77. The van der Waals surface area contributed by atoms with Crippen LogP contribution in [-0.4, -0.2) is 49.8 Å². The van der Waals surface area contributed by atoms with E-state index in [9.17, 15) is 0 Å². The van der Waals surface area contributed by atoms with Gasteiger partial charge < -0.3 is 5.32 Å². The Morgan fingerprint density at radius 1 is 1.35 bits per heavy atom. The van der Waals surface area contributed by atoms with Crippen LogP contribution in [-0.2, 0) is 13.6 Å². The monoisotopic (exact) mass is 278 g/mol. The number of hydrogen-bond donors (Lipinski definition) is 1. The molecule has 1 spiro atoms. The maximum atomic E-state index is 4.36. The van der Waals surface area contributed by atoms with E-state index in [4.69, 9.17) is 0 Å². The van der Waals surface area contributed by atoms with Crippen LogP contribution in [0.3, 0.4) is 0 Å². The van der Waals surface area contributed by atoms with Crippen LogP contribution >= 0.6 is 0 Å². The van der Waals surface area contributed by atoms with E-state index in [1.165, 1.54) is 38.5 Å². The van der Waals surface area contributed by atoms with E-state index in [1.807, 2.05) is 7.05 Å². The van der Waals surface area contributed by atoms with Gasteiger partial charge in [-0.05, 0) is 24.5 Å². The SMILES string of the molecule is CCCC1CN(Cc2nnn(C)n2)C2(CCCC2)CN1. The van der Waals surface area contributed by atoms with Crippen molar-refractivity contribution in [2.24, 2.45) is 7.05 Å².